The number of furan rings is 1. The van der Waals surface area contributed by atoms with Gasteiger partial charge in [0.15, 0.2) is 5.76 Å². The van der Waals surface area contributed by atoms with Crippen molar-refractivity contribution in [1.82, 2.24) is 10.2 Å². The second-order valence-electron chi connectivity index (χ2n) is 5.93. The van der Waals surface area contributed by atoms with E-state index in [2.05, 4.69) is 14.9 Å². The van der Waals surface area contributed by atoms with Crippen LogP contribution >= 0.6 is 0 Å². The molecule has 0 bridgehead atoms. The second-order valence-corrected chi connectivity index (χ2v) is 7.54. The number of aromatic nitrogens is 2. The van der Waals surface area contributed by atoms with Crippen LogP contribution < -0.4 is 4.72 Å². The zero-order chi connectivity index (χ0) is 17.6. The minimum absolute atomic E-state index is 0.116. The molecule has 130 valence electrons. The molecule has 0 radical (unpaired) electrons. The van der Waals surface area contributed by atoms with E-state index in [9.17, 15) is 12.8 Å². The Hall–Kier alpha value is -2.68. The Morgan fingerprint density at radius 1 is 1.16 bits per heavy atom. The highest BCUT2D eigenvalue weighted by molar-refractivity contribution is 7.92. The Labute approximate surface area is 142 Å². The molecule has 1 aliphatic carbocycles. The van der Waals surface area contributed by atoms with Gasteiger partial charge in [0.25, 0.3) is 15.9 Å². The fourth-order valence-corrected chi connectivity index (χ4v) is 3.31. The second kappa shape index (κ2) is 5.69. The van der Waals surface area contributed by atoms with Gasteiger partial charge in [0.1, 0.15) is 5.82 Å². The lowest BCUT2D eigenvalue weighted by Gasteiger charge is -2.07. The molecule has 1 N–H and O–H groups in total. The summed E-state index contributed by atoms with van der Waals surface area (Å²) in [6.45, 7) is 1.71. The first-order valence-corrected chi connectivity index (χ1v) is 9.13. The average Bonchev–Trinajstić information content (AvgIpc) is 3.09. The summed E-state index contributed by atoms with van der Waals surface area (Å²) in [6, 6.07) is 6.87. The van der Waals surface area contributed by atoms with E-state index in [0.29, 0.717) is 11.5 Å². The summed E-state index contributed by atoms with van der Waals surface area (Å²) < 4.78 is 51.6. The first-order valence-electron chi connectivity index (χ1n) is 7.65. The summed E-state index contributed by atoms with van der Waals surface area (Å²) in [6.07, 6.45) is 2.01. The Morgan fingerprint density at radius 3 is 2.68 bits per heavy atom. The number of hydrogen-bond donors (Lipinski definition) is 1. The van der Waals surface area contributed by atoms with Gasteiger partial charge in [-0.05, 0) is 49.6 Å². The van der Waals surface area contributed by atoms with Crippen LogP contribution in [0, 0.1) is 12.7 Å². The molecular formula is C16H14FN3O4S. The van der Waals surface area contributed by atoms with Gasteiger partial charge in [-0.2, -0.15) is 8.42 Å². The minimum atomic E-state index is -4.08. The number of benzene rings is 1. The van der Waals surface area contributed by atoms with Crippen LogP contribution in [0.5, 0.6) is 0 Å². The van der Waals surface area contributed by atoms with E-state index in [-0.39, 0.29) is 28.3 Å². The summed E-state index contributed by atoms with van der Waals surface area (Å²) in [4.78, 5) is 0. The third kappa shape index (κ3) is 3.14. The van der Waals surface area contributed by atoms with Gasteiger partial charge in [0.2, 0.25) is 11.0 Å². The van der Waals surface area contributed by atoms with E-state index in [1.165, 1.54) is 24.3 Å². The van der Waals surface area contributed by atoms with Gasteiger partial charge in [-0.1, -0.05) is 6.07 Å². The van der Waals surface area contributed by atoms with Crippen molar-refractivity contribution in [1.29, 1.82) is 0 Å². The van der Waals surface area contributed by atoms with Crippen molar-refractivity contribution in [3.05, 3.63) is 47.6 Å². The van der Waals surface area contributed by atoms with Gasteiger partial charge >= 0.3 is 0 Å². The SMILES string of the molecule is Cc1ccc(NS(=O)(=O)c2ccc(-c3nnc(C4CC4)o3)o2)c(F)c1. The molecule has 25 heavy (non-hydrogen) atoms. The number of anilines is 1. The number of rotatable bonds is 5. The average molecular weight is 363 g/mol. The number of hydrogen-bond acceptors (Lipinski definition) is 6. The molecule has 7 nitrogen and oxygen atoms in total. The Balaban J connectivity index is 1.59. The molecule has 2 heterocycles. The smallest absolute Gasteiger partial charge is 0.295 e. The Morgan fingerprint density at radius 2 is 1.96 bits per heavy atom. The van der Waals surface area contributed by atoms with Crippen LogP contribution in [0.1, 0.15) is 30.2 Å². The topological polar surface area (TPSA) is 98.2 Å². The van der Waals surface area contributed by atoms with Crippen LogP contribution in [-0.4, -0.2) is 18.6 Å². The third-order valence-electron chi connectivity index (χ3n) is 3.79. The maximum Gasteiger partial charge on any atom is 0.295 e. The van der Waals surface area contributed by atoms with E-state index in [4.69, 9.17) is 8.83 Å². The van der Waals surface area contributed by atoms with Crippen LogP contribution in [0.3, 0.4) is 0 Å². The molecular weight excluding hydrogens is 349 g/mol. The predicted molar refractivity (Wildman–Crippen MR) is 85.9 cm³/mol. The van der Waals surface area contributed by atoms with Crippen molar-refractivity contribution in [3.63, 3.8) is 0 Å². The molecule has 0 amide bonds. The quantitative estimate of drug-likeness (QED) is 0.745. The normalized spacial score (nSPS) is 14.6. The summed E-state index contributed by atoms with van der Waals surface area (Å²) in [5, 5.41) is 7.42. The van der Waals surface area contributed by atoms with Crippen molar-refractivity contribution < 1.29 is 21.6 Å². The molecule has 1 aromatic carbocycles. The lowest BCUT2D eigenvalue weighted by molar-refractivity contribution is 0.435. The number of nitrogens with one attached hydrogen (secondary N) is 1. The fraction of sp³-hybridized carbons (Fsp3) is 0.250. The molecule has 2 aromatic heterocycles. The highest BCUT2D eigenvalue weighted by Gasteiger charge is 2.30. The van der Waals surface area contributed by atoms with Gasteiger partial charge in [-0.25, -0.2) is 4.39 Å². The van der Waals surface area contributed by atoms with Crippen molar-refractivity contribution in [2.45, 2.75) is 30.8 Å². The highest BCUT2D eigenvalue weighted by Crippen LogP contribution is 2.40. The van der Waals surface area contributed by atoms with Gasteiger partial charge in [-0.15, -0.1) is 10.2 Å². The standard InChI is InChI=1S/C16H14FN3O4S/c1-9-2-5-12(11(17)8-9)20-25(21,22)14-7-6-13(23-14)16-19-18-15(24-16)10-3-4-10/h2,5-8,10,20H,3-4H2,1H3. The molecule has 1 fully saturated rings. The van der Waals surface area contributed by atoms with Crippen molar-refractivity contribution in [2.75, 3.05) is 4.72 Å². The van der Waals surface area contributed by atoms with Crippen molar-refractivity contribution in [3.8, 4) is 11.7 Å². The van der Waals surface area contributed by atoms with E-state index in [0.717, 1.165) is 12.8 Å². The lowest BCUT2D eigenvalue weighted by Crippen LogP contribution is -2.13. The van der Waals surface area contributed by atoms with Crippen molar-refractivity contribution in [2.24, 2.45) is 0 Å². The third-order valence-corrected chi connectivity index (χ3v) is 5.03. The van der Waals surface area contributed by atoms with E-state index in [1.807, 2.05) is 0 Å². The van der Waals surface area contributed by atoms with Gasteiger partial charge in [0.05, 0.1) is 5.69 Å². The van der Waals surface area contributed by atoms with E-state index < -0.39 is 15.8 Å². The monoisotopic (exact) mass is 363 g/mol. The zero-order valence-electron chi connectivity index (χ0n) is 13.2. The first kappa shape index (κ1) is 15.8. The van der Waals surface area contributed by atoms with Crippen LogP contribution in [0.25, 0.3) is 11.7 Å². The van der Waals surface area contributed by atoms with E-state index >= 15 is 0 Å². The largest absolute Gasteiger partial charge is 0.438 e. The maximum atomic E-state index is 13.9. The van der Waals surface area contributed by atoms with Crippen LogP contribution in [0.4, 0.5) is 10.1 Å². The van der Waals surface area contributed by atoms with E-state index in [1.54, 1.807) is 13.0 Å². The van der Waals surface area contributed by atoms with Crippen LogP contribution in [0.15, 0.2) is 44.3 Å². The summed E-state index contributed by atoms with van der Waals surface area (Å²) in [7, 11) is -4.08. The zero-order valence-corrected chi connectivity index (χ0v) is 14.0. The van der Waals surface area contributed by atoms with Crippen molar-refractivity contribution >= 4 is 15.7 Å². The molecule has 0 saturated heterocycles. The number of halogens is 1. The lowest BCUT2D eigenvalue weighted by atomic mass is 10.2. The molecule has 0 aliphatic heterocycles. The predicted octanol–water partition coefficient (Wildman–Crippen LogP) is 3.46. The molecule has 3 aromatic rings. The van der Waals surface area contributed by atoms with Gasteiger partial charge in [0, 0.05) is 5.92 Å². The molecule has 0 atom stereocenters. The number of nitrogens with zero attached hydrogens (tertiary/aromatic N) is 2. The van der Waals surface area contributed by atoms with Crippen LogP contribution in [-0.2, 0) is 10.0 Å². The minimum Gasteiger partial charge on any atom is -0.438 e. The number of aryl methyl sites for hydroxylation is 1. The number of sulfonamides is 1. The molecule has 0 unspecified atom stereocenters. The first-order chi connectivity index (χ1) is 11.9. The molecule has 0 spiro atoms. The maximum absolute atomic E-state index is 13.9. The summed E-state index contributed by atoms with van der Waals surface area (Å²) in [5.41, 5.74) is 0.529. The van der Waals surface area contributed by atoms with Gasteiger partial charge < -0.3 is 8.83 Å². The van der Waals surface area contributed by atoms with Crippen LogP contribution in [0.2, 0.25) is 0 Å². The fourth-order valence-electron chi connectivity index (χ4n) is 2.31. The molecule has 4 rings (SSSR count). The van der Waals surface area contributed by atoms with Gasteiger partial charge in [-0.3, -0.25) is 4.72 Å². The molecule has 1 aliphatic rings. The highest BCUT2D eigenvalue weighted by atomic mass is 32.2. The molecule has 9 heteroatoms. The Kier molecular flexibility index (Phi) is 3.60. The summed E-state index contributed by atoms with van der Waals surface area (Å²) in [5.74, 6) is 0.400. The summed E-state index contributed by atoms with van der Waals surface area (Å²) >= 11 is 0. The Bertz CT molecular complexity index is 1040. The molecule has 1 saturated carbocycles.